The van der Waals surface area contributed by atoms with Gasteiger partial charge < -0.3 is 15.8 Å². The third-order valence-electron chi connectivity index (χ3n) is 2.97. The molecule has 0 bridgehead atoms. The molecule has 1 aromatic rings. The summed E-state index contributed by atoms with van der Waals surface area (Å²) in [5, 5.41) is 2.85. The van der Waals surface area contributed by atoms with E-state index in [0.717, 1.165) is 12.0 Å². The van der Waals surface area contributed by atoms with Crippen LogP contribution in [-0.4, -0.2) is 25.1 Å². The van der Waals surface area contributed by atoms with E-state index < -0.39 is 6.10 Å². The lowest BCUT2D eigenvalue weighted by atomic mass is 9.97. The smallest absolute Gasteiger partial charge is 0.254 e. The van der Waals surface area contributed by atoms with Crippen molar-refractivity contribution in [3.8, 4) is 0 Å². The summed E-state index contributed by atoms with van der Waals surface area (Å²) in [7, 11) is 0. The zero-order valence-electron chi connectivity index (χ0n) is 9.98. The first-order valence-electron chi connectivity index (χ1n) is 5.92. The predicted molar refractivity (Wildman–Crippen MR) is 65.5 cm³/mol. The average Bonchev–Trinajstić information content (AvgIpc) is 2.37. The first kappa shape index (κ1) is 12.1. The Hall–Kier alpha value is -1.39. The Balaban J connectivity index is 2.15. The van der Waals surface area contributed by atoms with Crippen LogP contribution < -0.4 is 11.1 Å². The number of benzene rings is 1. The molecule has 2 rings (SSSR count). The number of amides is 1. The van der Waals surface area contributed by atoms with Crippen molar-refractivity contribution >= 4 is 5.91 Å². The van der Waals surface area contributed by atoms with Crippen molar-refractivity contribution in [1.82, 2.24) is 5.32 Å². The molecular formula is C13H18N2O2. The highest BCUT2D eigenvalue weighted by atomic mass is 16.5. The fourth-order valence-corrected chi connectivity index (χ4v) is 1.99. The Labute approximate surface area is 101 Å². The van der Waals surface area contributed by atoms with Gasteiger partial charge in [-0.15, -0.1) is 0 Å². The van der Waals surface area contributed by atoms with Gasteiger partial charge in [-0.25, -0.2) is 0 Å². The second-order valence-electron chi connectivity index (χ2n) is 4.34. The molecule has 1 heterocycles. The molecule has 1 amide bonds. The van der Waals surface area contributed by atoms with Gasteiger partial charge in [0, 0.05) is 12.6 Å². The number of nitrogens with two attached hydrogens (primary N) is 1. The second kappa shape index (κ2) is 5.29. The maximum Gasteiger partial charge on any atom is 0.254 e. The molecule has 92 valence electrons. The van der Waals surface area contributed by atoms with E-state index in [-0.39, 0.29) is 11.9 Å². The Morgan fingerprint density at radius 1 is 1.59 bits per heavy atom. The van der Waals surface area contributed by atoms with E-state index in [1.165, 1.54) is 5.56 Å². The molecule has 0 aliphatic carbocycles. The fraction of sp³-hybridized carbons (Fsp3) is 0.462. The summed E-state index contributed by atoms with van der Waals surface area (Å²) in [6, 6.07) is 7.89. The van der Waals surface area contributed by atoms with Gasteiger partial charge in [-0.3, -0.25) is 4.79 Å². The molecule has 2 unspecified atom stereocenters. The standard InChI is InChI=1S/C13H18N2O2/c1-9(8-14)15-13(16)12-11-5-3-2-4-10(11)6-7-17-12/h2-5,9,12H,6-8,14H2,1H3,(H,15,16). The van der Waals surface area contributed by atoms with E-state index >= 15 is 0 Å². The van der Waals surface area contributed by atoms with Crippen molar-refractivity contribution in [2.45, 2.75) is 25.5 Å². The third kappa shape index (κ3) is 2.65. The first-order chi connectivity index (χ1) is 8.22. The van der Waals surface area contributed by atoms with Crippen LogP contribution >= 0.6 is 0 Å². The van der Waals surface area contributed by atoms with Crippen molar-refractivity contribution in [3.63, 3.8) is 0 Å². The minimum atomic E-state index is -0.492. The number of nitrogens with one attached hydrogen (secondary N) is 1. The Bertz CT molecular complexity index is 406. The number of rotatable bonds is 3. The van der Waals surface area contributed by atoms with Crippen LogP contribution in [0.2, 0.25) is 0 Å². The lowest BCUT2D eigenvalue weighted by molar-refractivity contribution is -0.134. The first-order valence-corrected chi connectivity index (χ1v) is 5.92. The highest BCUT2D eigenvalue weighted by Crippen LogP contribution is 2.26. The molecule has 1 aromatic carbocycles. The van der Waals surface area contributed by atoms with Gasteiger partial charge in [-0.05, 0) is 24.5 Å². The number of hydrogen-bond donors (Lipinski definition) is 2. The Morgan fingerprint density at radius 2 is 2.35 bits per heavy atom. The SMILES string of the molecule is CC(CN)NC(=O)C1OCCc2ccccc21. The minimum absolute atomic E-state index is 0.0276. The van der Waals surface area contributed by atoms with E-state index in [1.54, 1.807) is 0 Å². The molecule has 0 aromatic heterocycles. The van der Waals surface area contributed by atoms with Crippen molar-refractivity contribution in [2.75, 3.05) is 13.2 Å². The van der Waals surface area contributed by atoms with Crippen molar-refractivity contribution in [1.29, 1.82) is 0 Å². The van der Waals surface area contributed by atoms with Gasteiger partial charge in [0.2, 0.25) is 0 Å². The van der Waals surface area contributed by atoms with E-state index in [9.17, 15) is 4.79 Å². The topological polar surface area (TPSA) is 64.3 Å². The van der Waals surface area contributed by atoms with E-state index in [1.807, 2.05) is 31.2 Å². The monoisotopic (exact) mass is 234 g/mol. The molecule has 1 aliphatic rings. The Morgan fingerprint density at radius 3 is 3.12 bits per heavy atom. The fourth-order valence-electron chi connectivity index (χ4n) is 1.99. The van der Waals surface area contributed by atoms with Crippen molar-refractivity contribution in [3.05, 3.63) is 35.4 Å². The quantitative estimate of drug-likeness (QED) is 0.811. The highest BCUT2D eigenvalue weighted by molar-refractivity contribution is 5.83. The van der Waals surface area contributed by atoms with Gasteiger partial charge in [0.05, 0.1) is 6.61 Å². The molecule has 0 spiro atoms. The van der Waals surface area contributed by atoms with Gasteiger partial charge in [0.1, 0.15) is 0 Å². The van der Waals surface area contributed by atoms with Crippen LogP contribution in [-0.2, 0) is 16.0 Å². The third-order valence-corrected chi connectivity index (χ3v) is 2.97. The number of ether oxygens (including phenoxy) is 1. The number of fused-ring (bicyclic) bond motifs is 1. The summed E-state index contributed by atoms with van der Waals surface area (Å²) < 4.78 is 5.56. The van der Waals surface area contributed by atoms with Crippen LogP contribution in [0.1, 0.15) is 24.2 Å². The van der Waals surface area contributed by atoms with Crippen LogP contribution in [0.5, 0.6) is 0 Å². The average molecular weight is 234 g/mol. The van der Waals surface area contributed by atoms with Gasteiger partial charge in [0.25, 0.3) is 5.91 Å². The number of hydrogen-bond acceptors (Lipinski definition) is 3. The van der Waals surface area contributed by atoms with Crippen LogP contribution in [0.3, 0.4) is 0 Å². The minimum Gasteiger partial charge on any atom is -0.363 e. The summed E-state index contributed by atoms with van der Waals surface area (Å²) in [6.45, 7) is 2.90. The van der Waals surface area contributed by atoms with E-state index in [4.69, 9.17) is 10.5 Å². The van der Waals surface area contributed by atoms with Crippen LogP contribution in [0.4, 0.5) is 0 Å². The lowest BCUT2D eigenvalue weighted by Gasteiger charge is -2.26. The molecule has 1 aliphatic heterocycles. The second-order valence-corrected chi connectivity index (χ2v) is 4.34. The molecular weight excluding hydrogens is 216 g/mol. The highest BCUT2D eigenvalue weighted by Gasteiger charge is 2.27. The molecule has 0 radical (unpaired) electrons. The van der Waals surface area contributed by atoms with Crippen LogP contribution in [0.15, 0.2) is 24.3 Å². The van der Waals surface area contributed by atoms with Gasteiger partial charge in [0.15, 0.2) is 6.10 Å². The van der Waals surface area contributed by atoms with Gasteiger partial charge >= 0.3 is 0 Å². The molecule has 2 atom stereocenters. The van der Waals surface area contributed by atoms with Crippen molar-refractivity contribution < 1.29 is 9.53 Å². The Kier molecular flexibility index (Phi) is 3.76. The summed E-state index contributed by atoms with van der Waals surface area (Å²) in [5.41, 5.74) is 7.66. The summed E-state index contributed by atoms with van der Waals surface area (Å²) >= 11 is 0. The largest absolute Gasteiger partial charge is 0.363 e. The molecule has 0 saturated carbocycles. The number of carbonyl (C=O) groups is 1. The molecule has 3 N–H and O–H groups in total. The lowest BCUT2D eigenvalue weighted by Crippen LogP contribution is -2.42. The molecule has 4 nitrogen and oxygen atoms in total. The zero-order chi connectivity index (χ0) is 12.3. The van der Waals surface area contributed by atoms with Gasteiger partial charge in [-0.2, -0.15) is 0 Å². The molecule has 0 saturated heterocycles. The normalized spacial score (nSPS) is 20.5. The van der Waals surface area contributed by atoms with Crippen molar-refractivity contribution in [2.24, 2.45) is 5.73 Å². The zero-order valence-corrected chi connectivity index (χ0v) is 9.98. The van der Waals surface area contributed by atoms with Crippen LogP contribution in [0, 0.1) is 0 Å². The maximum absolute atomic E-state index is 12.0. The predicted octanol–water partition coefficient (Wildman–Crippen LogP) is 0.764. The van der Waals surface area contributed by atoms with Gasteiger partial charge in [-0.1, -0.05) is 24.3 Å². The summed E-state index contributed by atoms with van der Waals surface area (Å²) in [4.78, 5) is 12.0. The maximum atomic E-state index is 12.0. The number of carbonyl (C=O) groups excluding carboxylic acids is 1. The van der Waals surface area contributed by atoms with Crippen LogP contribution in [0.25, 0.3) is 0 Å². The van der Waals surface area contributed by atoms with E-state index in [0.29, 0.717) is 13.2 Å². The molecule has 4 heteroatoms. The summed E-state index contributed by atoms with van der Waals surface area (Å²) in [6.07, 6.45) is 0.376. The molecule has 17 heavy (non-hydrogen) atoms. The molecule has 0 fully saturated rings. The van der Waals surface area contributed by atoms with E-state index in [2.05, 4.69) is 5.32 Å². The summed E-state index contributed by atoms with van der Waals surface area (Å²) in [5.74, 6) is -0.102.